The van der Waals surface area contributed by atoms with E-state index in [4.69, 9.17) is 0 Å². The minimum absolute atomic E-state index is 0.266. The first-order valence-electron chi connectivity index (χ1n) is 5.89. The van der Waals surface area contributed by atoms with Crippen molar-refractivity contribution in [2.24, 2.45) is 0 Å². The molecule has 92 valence electrons. The van der Waals surface area contributed by atoms with Gasteiger partial charge in [0.15, 0.2) is 9.84 Å². The first kappa shape index (κ1) is 14.9. The molecule has 3 nitrogen and oxygen atoms in total. The molecule has 0 radical (unpaired) electrons. The molecule has 0 aromatic rings. The molecule has 0 aliphatic rings. The van der Waals surface area contributed by atoms with E-state index in [1.165, 1.54) is 0 Å². The Hall–Kier alpha value is -0.0900. The standard InChI is InChI=1S/C11H25NO2S/c1-5-7-8-15(13,14)11(4)9-12-10(3)6-2/h10-12H,5-9H2,1-4H3. The van der Waals surface area contributed by atoms with Crippen molar-refractivity contribution in [3.05, 3.63) is 0 Å². The van der Waals surface area contributed by atoms with Crippen LogP contribution in [0, 0.1) is 0 Å². The number of hydrogen-bond acceptors (Lipinski definition) is 3. The van der Waals surface area contributed by atoms with E-state index >= 15 is 0 Å². The van der Waals surface area contributed by atoms with E-state index < -0.39 is 9.84 Å². The minimum Gasteiger partial charge on any atom is -0.313 e. The first-order chi connectivity index (χ1) is 6.94. The molecule has 0 rings (SSSR count). The largest absolute Gasteiger partial charge is 0.313 e. The number of sulfone groups is 1. The molecule has 0 aliphatic carbocycles. The average Bonchev–Trinajstić information content (AvgIpc) is 2.22. The van der Waals surface area contributed by atoms with Crippen molar-refractivity contribution in [2.75, 3.05) is 12.3 Å². The molecule has 0 bridgehead atoms. The van der Waals surface area contributed by atoms with Crippen LogP contribution in [-0.4, -0.2) is 32.0 Å². The zero-order valence-corrected chi connectivity index (χ0v) is 11.2. The van der Waals surface area contributed by atoms with Crippen LogP contribution in [0.15, 0.2) is 0 Å². The van der Waals surface area contributed by atoms with Gasteiger partial charge >= 0.3 is 0 Å². The summed E-state index contributed by atoms with van der Waals surface area (Å²) >= 11 is 0. The van der Waals surface area contributed by atoms with Crippen LogP contribution in [0.5, 0.6) is 0 Å². The molecule has 2 unspecified atom stereocenters. The summed E-state index contributed by atoms with van der Waals surface area (Å²) in [6, 6.07) is 0.397. The van der Waals surface area contributed by atoms with Gasteiger partial charge in [-0.15, -0.1) is 0 Å². The van der Waals surface area contributed by atoms with Crippen LogP contribution in [0.2, 0.25) is 0 Å². The fourth-order valence-electron chi connectivity index (χ4n) is 1.19. The third-order valence-electron chi connectivity index (χ3n) is 2.76. The maximum atomic E-state index is 11.8. The Morgan fingerprint density at radius 2 is 1.80 bits per heavy atom. The molecule has 0 saturated heterocycles. The van der Waals surface area contributed by atoms with Gasteiger partial charge in [-0.05, 0) is 26.7 Å². The second-order valence-corrected chi connectivity index (χ2v) is 6.79. The van der Waals surface area contributed by atoms with Gasteiger partial charge in [-0.3, -0.25) is 0 Å². The fourth-order valence-corrected chi connectivity index (χ4v) is 2.63. The molecule has 0 aromatic heterocycles. The number of hydrogen-bond donors (Lipinski definition) is 1. The highest BCUT2D eigenvalue weighted by Gasteiger charge is 2.19. The van der Waals surface area contributed by atoms with Crippen LogP contribution in [0.4, 0.5) is 0 Å². The molecule has 0 amide bonds. The van der Waals surface area contributed by atoms with Crippen LogP contribution in [0.1, 0.15) is 47.0 Å². The maximum Gasteiger partial charge on any atom is 0.154 e. The SMILES string of the molecule is CCCCS(=O)(=O)C(C)CNC(C)CC. The Morgan fingerprint density at radius 1 is 1.20 bits per heavy atom. The van der Waals surface area contributed by atoms with E-state index in [1.807, 2.05) is 6.92 Å². The van der Waals surface area contributed by atoms with Gasteiger partial charge in [0.05, 0.1) is 11.0 Å². The highest BCUT2D eigenvalue weighted by molar-refractivity contribution is 7.92. The molecule has 0 aliphatic heterocycles. The molecule has 0 heterocycles. The number of unbranched alkanes of at least 4 members (excludes halogenated alkanes) is 1. The zero-order valence-electron chi connectivity index (χ0n) is 10.4. The van der Waals surface area contributed by atoms with Gasteiger partial charge in [-0.25, -0.2) is 8.42 Å². The van der Waals surface area contributed by atoms with E-state index in [0.717, 1.165) is 19.3 Å². The van der Waals surface area contributed by atoms with Crippen molar-refractivity contribution in [1.82, 2.24) is 5.32 Å². The van der Waals surface area contributed by atoms with E-state index in [-0.39, 0.29) is 5.25 Å². The lowest BCUT2D eigenvalue weighted by Gasteiger charge is -2.16. The van der Waals surface area contributed by atoms with Crippen molar-refractivity contribution in [3.63, 3.8) is 0 Å². The first-order valence-corrected chi connectivity index (χ1v) is 7.60. The highest BCUT2D eigenvalue weighted by Crippen LogP contribution is 2.05. The van der Waals surface area contributed by atoms with Gasteiger partial charge in [-0.1, -0.05) is 20.3 Å². The molecule has 0 aromatic carbocycles. The Balaban J connectivity index is 4.02. The predicted molar refractivity (Wildman–Crippen MR) is 65.9 cm³/mol. The van der Waals surface area contributed by atoms with E-state index in [2.05, 4.69) is 19.2 Å². The summed E-state index contributed by atoms with van der Waals surface area (Å²) in [5, 5.41) is 2.97. The molecule has 0 saturated carbocycles. The van der Waals surface area contributed by atoms with Crippen molar-refractivity contribution in [2.45, 2.75) is 58.2 Å². The molecule has 0 spiro atoms. The summed E-state index contributed by atoms with van der Waals surface area (Å²) in [6.45, 7) is 8.54. The summed E-state index contributed by atoms with van der Waals surface area (Å²) in [6.07, 6.45) is 2.74. The fraction of sp³-hybridized carbons (Fsp3) is 1.00. The summed E-state index contributed by atoms with van der Waals surface area (Å²) < 4.78 is 23.5. The Labute approximate surface area is 94.6 Å². The van der Waals surface area contributed by atoms with Crippen molar-refractivity contribution >= 4 is 9.84 Å². The van der Waals surface area contributed by atoms with Gasteiger partial charge in [0.1, 0.15) is 0 Å². The van der Waals surface area contributed by atoms with E-state index in [0.29, 0.717) is 18.3 Å². The molecule has 1 N–H and O–H groups in total. The molecule has 4 heteroatoms. The van der Waals surface area contributed by atoms with Crippen molar-refractivity contribution < 1.29 is 8.42 Å². The number of nitrogens with one attached hydrogen (secondary N) is 1. The lowest BCUT2D eigenvalue weighted by Crippen LogP contribution is -2.36. The Bertz CT molecular complexity index is 249. The third kappa shape index (κ3) is 6.15. The average molecular weight is 235 g/mol. The smallest absolute Gasteiger partial charge is 0.154 e. The zero-order chi connectivity index (χ0) is 11.9. The summed E-state index contributed by atoms with van der Waals surface area (Å²) in [7, 11) is -2.89. The van der Waals surface area contributed by atoms with Crippen LogP contribution in [0.25, 0.3) is 0 Å². The lowest BCUT2D eigenvalue weighted by atomic mass is 10.2. The number of rotatable bonds is 8. The van der Waals surface area contributed by atoms with Crippen molar-refractivity contribution in [1.29, 1.82) is 0 Å². The molecular formula is C11H25NO2S. The van der Waals surface area contributed by atoms with Gasteiger partial charge in [0, 0.05) is 12.6 Å². The Morgan fingerprint density at radius 3 is 2.27 bits per heavy atom. The monoisotopic (exact) mass is 235 g/mol. The van der Waals surface area contributed by atoms with E-state index in [1.54, 1.807) is 6.92 Å². The normalized spacial score (nSPS) is 16.3. The highest BCUT2D eigenvalue weighted by atomic mass is 32.2. The summed E-state index contributed by atoms with van der Waals surface area (Å²) in [5.74, 6) is 0.326. The molecule has 0 fully saturated rings. The molecule has 2 atom stereocenters. The summed E-state index contributed by atoms with van der Waals surface area (Å²) in [5.41, 5.74) is 0. The van der Waals surface area contributed by atoms with Crippen LogP contribution in [-0.2, 0) is 9.84 Å². The third-order valence-corrected chi connectivity index (χ3v) is 5.01. The van der Waals surface area contributed by atoms with E-state index in [9.17, 15) is 8.42 Å². The van der Waals surface area contributed by atoms with Gasteiger partial charge < -0.3 is 5.32 Å². The second kappa shape index (κ2) is 7.23. The summed E-state index contributed by atoms with van der Waals surface area (Å²) in [4.78, 5) is 0. The predicted octanol–water partition coefficient (Wildman–Crippen LogP) is 1.98. The second-order valence-electron chi connectivity index (χ2n) is 4.25. The van der Waals surface area contributed by atoms with Crippen LogP contribution >= 0.6 is 0 Å². The van der Waals surface area contributed by atoms with Gasteiger partial charge in [-0.2, -0.15) is 0 Å². The van der Waals surface area contributed by atoms with Crippen LogP contribution < -0.4 is 5.32 Å². The Kier molecular flexibility index (Phi) is 7.18. The topological polar surface area (TPSA) is 46.2 Å². The molecular weight excluding hydrogens is 210 g/mol. The van der Waals surface area contributed by atoms with Gasteiger partial charge in [0.25, 0.3) is 0 Å². The quantitative estimate of drug-likeness (QED) is 0.700. The molecule has 15 heavy (non-hydrogen) atoms. The van der Waals surface area contributed by atoms with Crippen molar-refractivity contribution in [3.8, 4) is 0 Å². The lowest BCUT2D eigenvalue weighted by molar-refractivity contribution is 0.519. The van der Waals surface area contributed by atoms with Gasteiger partial charge in [0.2, 0.25) is 0 Å². The minimum atomic E-state index is -2.89. The van der Waals surface area contributed by atoms with Crippen LogP contribution in [0.3, 0.4) is 0 Å². The maximum absolute atomic E-state index is 11.8.